The fraction of sp³-hybridized carbons (Fsp3) is 0.167. The third kappa shape index (κ3) is 7.00. The van der Waals surface area contributed by atoms with Crippen molar-refractivity contribution in [3.05, 3.63) is 71.5 Å². The van der Waals surface area contributed by atoms with Crippen molar-refractivity contribution < 1.29 is 19.2 Å². The summed E-state index contributed by atoms with van der Waals surface area (Å²) in [6.45, 7) is -0.307. The highest BCUT2D eigenvalue weighted by Gasteiger charge is 2.25. The van der Waals surface area contributed by atoms with Gasteiger partial charge in [0.2, 0.25) is 5.91 Å². The number of nitrogens with one attached hydrogen (secondary N) is 3. The van der Waals surface area contributed by atoms with Crippen molar-refractivity contribution in [3.63, 3.8) is 0 Å². The summed E-state index contributed by atoms with van der Waals surface area (Å²) in [5.74, 6) is -2.45. The van der Waals surface area contributed by atoms with E-state index in [1.807, 2.05) is 6.07 Å². The standard InChI is InChI=1S/C24H24ClN7O4/c1-32(2)24(36)18(13-29-22(34)23(35)31-20-10-8-17(25)12-28-20)30-21(33)15-5-3-14(4-6-15)16-7-9-19(26)27-11-16/h3-12,18H,13H2,1-2H3,(H2,26,27)(H,29,34)(H,30,33)(H,28,31,35). The molecule has 0 aliphatic heterocycles. The number of hydrogen-bond acceptors (Lipinski definition) is 7. The maximum atomic E-state index is 12.8. The number of amides is 4. The van der Waals surface area contributed by atoms with Crippen molar-refractivity contribution in [2.24, 2.45) is 0 Å². The smallest absolute Gasteiger partial charge is 0.314 e. The molecule has 1 atom stereocenters. The van der Waals surface area contributed by atoms with Gasteiger partial charge in [0.15, 0.2) is 0 Å². The number of halogens is 1. The number of rotatable bonds is 7. The van der Waals surface area contributed by atoms with Crippen LogP contribution >= 0.6 is 11.6 Å². The fourth-order valence-electron chi connectivity index (χ4n) is 3.04. The van der Waals surface area contributed by atoms with E-state index in [1.54, 1.807) is 36.5 Å². The van der Waals surface area contributed by atoms with Gasteiger partial charge < -0.3 is 26.6 Å². The van der Waals surface area contributed by atoms with Gasteiger partial charge in [-0.05, 0) is 42.0 Å². The third-order valence-electron chi connectivity index (χ3n) is 4.95. The molecule has 0 aliphatic rings. The molecule has 12 heteroatoms. The molecule has 0 fully saturated rings. The number of nitrogens with two attached hydrogens (primary N) is 1. The first-order chi connectivity index (χ1) is 17.1. The van der Waals surface area contributed by atoms with Crippen molar-refractivity contribution in [3.8, 4) is 11.1 Å². The van der Waals surface area contributed by atoms with Crippen LogP contribution in [0.15, 0.2) is 60.9 Å². The van der Waals surface area contributed by atoms with Crippen molar-refractivity contribution in [2.45, 2.75) is 6.04 Å². The Balaban J connectivity index is 1.63. The number of nitrogens with zero attached hydrogens (tertiary/aromatic N) is 3. The quantitative estimate of drug-likeness (QED) is 0.349. The van der Waals surface area contributed by atoms with Gasteiger partial charge in [-0.25, -0.2) is 9.97 Å². The van der Waals surface area contributed by atoms with Crippen molar-refractivity contribution >= 4 is 46.9 Å². The van der Waals surface area contributed by atoms with Crippen LogP contribution < -0.4 is 21.7 Å². The third-order valence-corrected chi connectivity index (χ3v) is 5.18. The molecule has 5 N–H and O–H groups in total. The molecule has 11 nitrogen and oxygen atoms in total. The van der Waals surface area contributed by atoms with Gasteiger partial charge in [-0.15, -0.1) is 0 Å². The van der Waals surface area contributed by atoms with Crippen molar-refractivity contribution in [2.75, 3.05) is 31.7 Å². The van der Waals surface area contributed by atoms with Crippen LogP contribution in [0.2, 0.25) is 5.02 Å². The molecule has 3 aromatic rings. The van der Waals surface area contributed by atoms with Gasteiger partial charge in [0.25, 0.3) is 5.91 Å². The Bertz CT molecular complexity index is 1250. The van der Waals surface area contributed by atoms with Gasteiger partial charge >= 0.3 is 11.8 Å². The number of nitrogen functional groups attached to an aromatic ring is 1. The number of likely N-dealkylation sites (N-methyl/N-ethyl adjacent to an activating group) is 1. The summed E-state index contributed by atoms with van der Waals surface area (Å²) < 4.78 is 0. The molecule has 0 bridgehead atoms. The number of aromatic nitrogens is 2. The molecule has 0 radical (unpaired) electrons. The van der Waals surface area contributed by atoms with Crippen molar-refractivity contribution in [1.29, 1.82) is 0 Å². The normalized spacial score (nSPS) is 11.2. The average molecular weight is 510 g/mol. The lowest BCUT2D eigenvalue weighted by Gasteiger charge is -2.22. The zero-order valence-electron chi connectivity index (χ0n) is 19.5. The Kier molecular flexibility index (Phi) is 8.52. The summed E-state index contributed by atoms with van der Waals surface area (Å²) in [6.07, 6.45) is 2.94. The van der Waals surface area contributed by atoms with Gasteiger partial charge in [-0.1, -0.05) is 23.7 Å². The van der Waals surface area contributed by atoms with Crippen LogP contribution in [0.5, 0.6) is 0 Å². The predicted octanol–water partition coefficient (Wildman–Crippen LogP) is 1.32. The molecule has 186 valence electrons. The first-order valence-electron chi connectivity index (χ1n) is 10.7. The van der Waals surface area contributed by atoms with Gasteiger partial charge in [-0.2, -0.15) is 0 Å². The van der Waals surface area contributed by atoms with E-state index in [2.05, 4.69) is 25.9 Å². The molecule has 4 amide bonds. The summed E-state index contributed by atoms with van der Waals surface area (Å²) in [5, 5.41) is 7.65. The summed E-state index contributed by atoms with van der Waals surface area (Å²) in [4.78, 5) is 59.0. The number of benzene rings is 1. The Morgan fingerprint density at radius 3 is 2.19 bits per heavy atom. The second kappa shape index (κ2) is 11.8. The topological polar surface area (TPSA) is 159 Å². The van der Waals surface area contributed by atoms with Gasteiger partial charge in [0, 0.05) is 44.2 Å². The molecule has 2 heterocycles. The van der Waals surface area contributed by atoms with E-state index in [0.29, 0.717) is 16.4 Å². The molecule has 1 aromatic carbocycles. The number of carbonyl (C=O) groups is 4. The Labute approximate surface area is 212 Å². The van der Waals surface area contributed by atoms with Crippen molar-refractivity contribution in [1.82, 2.24) is 25.5 Å². The molecular weight excluding hydrogens is 486 g/mol. The van der Waals surface area contributed by atoms with Gasteiger partial charge in [0.1, 0.15) is 17.7 Å². The highest BCUT2D eigenvalue weighted by molar-refractivity contribution is 6.39. The van der Waals surface area contributed by atoms with E-state index in [1.165, 1.54) is 37.3 Å². The second-order valence-electron chi connectivity index (χ2n) is 7.83. The minimum Gasteiger partial charge on any atom is -0.384 e. The lowest BCUT2D eigenvalue weighted by molar-refractivity contribution is -0.136. The van der Waals surface area contributed by atoms with Crippen LogP contribution in [0, 0.1) is 0 Å². The van der Waals surface area contributed by atoms with E-state index >= 15 is 0 Å². The molecule has 3 rings (SSSR count). The molecule has 2 aromatic heterocycles. The highest BCUT2D eigenvalue weighted by atomic mass is 35.5. The second-order valence-corrected chi connectivity index (χ2v) is 8.27. The largest absolute Gasteiger partial charge is 0.384 e. The lowest BCUT2D eigenvalue weighted by atomic mass is 10.1. The first-order valence-corrected chi connectivity index (χ1v) is 11.1. The SMILES string of the molecule is CN(C)C(=O)C(CNC(=O)C(=O)Nc1ccc(Cl)cn1)NC(=O)c1ccc(-c2ccc(N)nc2)cc1. The maximum absolute atomic E-state index is 12.8. The van der Waals surface area contributed by atoms with E-state index in [0.717, 1.165) is 11.1 Å². The van der Waals surface area contributed by atoms with E-state index in [9.17, 15) is 19.2 Å². The molecule has 1 unspecified atom stereocenters. The van der Waals surface area contributed by atoms with Crippen LogP contribution in [0.1, 0.15) is 10.4 Å². The average Bonchev–Trinajstić information content (AvgIpc) is 2.87. The van der Waals surface area contributed by atoms with E-state index in [-0.39, 0.29) is 12.4 Å². The molecule has 0 aliphatic carbocycles. The van der Waals surface area contributed by atoms with Crippen LogP contribution in [0.4, 0.5) is 11.6 Å². The minimum atomic E-state index is -1.11. The zero-order chi connectivity index (χ0) is 26.2. The highest BCUT2D eigenvalue weighted by Crippen LogP contribution is 2.19. The molecule has 36 heavy (non-hydrogen) atoms. The lowest BCUT2D eigenvalue weighted by Crippen LogP contribution is -2.53. The fourth-order valence-corrected chi connectivity index (χ4v) is 3.15. The minimum absolute atomic E-state index is 0.131. The summed E-state index contributed by atoms with van der Waals surface area (Å²) in [6, 6.07) is 12.0. The van der Waals surface area contributed by atoms with Gasteiger partial charge in [0.05, 0.1) is 5.02 Å². The molecular formula is C24H24ClN7O4. The number of hydrogen-bond donors (Lipinski definition) is 4. The Morgan fingerprint density at radius 1 is 0.917 bits per heavy atom. The Hall–Kier alpha value is -4.51. The van der Waals surface area contributed by atoms with Crippen LogP contribution in [-0.4, -0.2) is 65.2 Å². The molecule has 0 saturated heterocycles. The molecule has 0 saturated carbocycles. The van der Waals surface area contributed by atoms with E-state index in [4.69, 9.17) is 17.3 Å². The van der Waals surface area contributed by atoms with Crippen LogP contribution in [0.25, 0.3) is 11.1 Å². The Morgan fingerprint density at radius 2 is 1.61 bits per heavy atom. The zero-order valence-corrected chi connectivity index (χ0v) is 20.2. The number of pyridine rings is 2. The first kappa shape index (κ1) is 26.1. The summed E-state index contributed by atoms with van der Waals surface area (Å²) in [5.41, 5.74) is 7.56. The van der Waals surface area contributed by atoms with E-state index < -0.39 is 29.7 Å². The maximum Gasteiger partial charge on any atom is 0.314 e. The predicted molar refractivity (Wildman–Crippen MR) is 135 cm³/mol. The number of carbonyl (C=O) groups excluding carboxylic acids is 4. The monoisotopic (exact) mass is 509 g/mol. The molecule has 0 spiro atoms. The van der Waals surface area contributed by atoms with Gasteiger partial charge in [-0.3, -0.25) is 19.2 Å². The van der Waals surface area contributed by atoms with Crippen LogP contribution in [-0.2, 0) is 14.4 Å². The van der Waals surface area contributed by atoms with Crippen LogP contribution in [0.3, 0.4) is 0 Å². The number of anilines is 2. The summed E-state index contributed by atoms with van der Waals surface area (Å²) in [7, 11) is 3.02. The summed E-state index contributed by atoms with van der Waals surface area (Å²) >= 11 is 5.75.